The molecule has 0 amide bonds. The molecule has 0 atom stereocenters. The van der Waals surface area contributed by atoms with Crippen LogP contribution in [-0.2, 0) is 0 Å². The standard InChI is InChI=1S/C8H13Si/c1-9(2,3)8-6-4-5-7-8/h4-7H,1-3H3/q-1. The lowest BCUT2D eigenvalue weighted by atomic mass is 10.7. The predicted molar refractivity (Wildman–Crippen MR) is 45.0 cm³/mol. The van der Waals surface area contributed by atoms with E-state index in [1.807, 2.05) is 0 Å². The van der Waals surface area contributed by atoms with Crippen molar-refractivity contribution in [1.29, 1.82) is 0 Å². The Labute approximate surface area is 57.9 Å². The highest BCUT2D eigenvalue weighted by Crippen LogP contribution is 2.01. The van der Waals surface area contributed by atoms with Gasteiger partial charge in [0.05, 0.1) is 0 Å². The molecule has 0 aliphatic carbocycles. The van der Waals surface area contributed by atoms with Gasteiger partial charge < -0.3 is 0 Å². The van der Waals surface area contributed by atoms with E-state index in [1.54, 1.807) is 5.19 Å². The normalized spacial score (nSPS) is 11.9. The van der Waals surface area contributed by atoms with Crippen molar-refractivity contribution in [3.63, 3.8) is 0 Å². The first kappa shape index (κ1) is 6.68. The van der Waals surface area contributed by atoms with Crippen LogP contribution in [0, 0.1) is 0 Å². The molecule has 0 N–H and O–H groups in total. The molecule has 1 heteroatoms. The Morgan fingerprint density at radius 2 is 2.00 bits per heavy atom. The zero-order chi connectivity index (χ0) is 6.91. The van der Waals surface area contributed by atoms with E-state index in [9.17, 15) is 0 Å². The van der Waals surface area contributed by atoms with Crippen LogP contribution in [0.3, 0.4) is 0 Å². The lowest BCUT2D eigenvalue weighted by Crippen LogP contribution is -2.36. The molecule has 0 radical (unpaired) electrons. The number of hydrogen-bond acceptors (Lipinski definition) is 0. The van der Waals surface area contributed by atoms with E-state index in [-0.39, 0.29) is 0 Å². The maximum absolute atomic E-state index is 2.36. The Kier molecular flexibility index (Phi) is 1.53. The molecule has 1 aromatic rings. The van der Waals surface area contributed by atoms with Crippen molar-refractivity contribution in [2.45, 2.75) is 19.6 Å². The average molecular weight is 137 g/mol. The summed E-state index contributed by atoms with van der Waals surface area (Å²) in [7, 11) is -0.981. The van der Waals surface area contributed by atoms with Gasteiger partial charge in [-0.1, -0.05) is 19.6 Å². The van der Waals surface area contributed by atoms with Gasteiger partial charge in [0.25, 0.3) is 0 Å². The number of rotatable bonds is 1. The minimum absolute atomic E-state index is 0.981. The fourth-order valence-corrected chi connectivity index (χ4v) is 2.07. The van der Waals surface area contributed by atoms with Crippen molar-refractivity contribution >= 4 is 13.3 Å². The van der Waals surface area contributed by atoms with Gasteiger partial charge in [0.15, 0.2) is 0 Å². The summed E-state index contributed by atoms with van der Waals surface area (Å²) >= 11 is 0. The summed E-state index contributed by atoms with van der Waals surface area (Å²) in [6, 6.07) is 8.69. The lowest BCUT2D eigenvalue weighted by Gasteiger charge is -2.20. The average Bonchev–Trinajstić information content (AvgIpc) is 2.08. The Bertz CT molecular complexity index is 167. The second kappa shape index (κ2) is 2.07. The highest BCUT2D eigenvalue weighted by Gasteiger charge is 2.07. The van der Waals surface area contributed by atoms with Crippen molar-refractivity contribution in [2.24, 2.45) is 0 Å². The third kappa shape index (κ3) is 1.48. The summed E-state index contributed by atoms with van der Waals surface area (Å²) in [6.07, 6.45) is 0. The summed E-state index contributed by atoms with van der Waals surface area (Å²) in [5, 5.41) is 1.56. The first-order valence-corrected chi connectivity index (χ1v) is 6.83. The lowest BCUT2D eigenvalue weighted by molar-refractivity contribution is 1.76. The molecule has 0 saturated heterocycles. The highest BCUT2D eigenvalue weighted by molar-refractivity contribution is 6.88. The highest BCUT2D eigenvalue weighted by atomic mass is 28.3. The summed E-state index contributed by atoms with van der Waals surface area (Å²) in [5.41, 5.74) is 0. The molecule has 9 heavy (non-hydrogen) atoms. The van der Waals surface area contributed by atoms with Crippen LogP contribution in [0.1, 0.15) is 0 Å². The molecule has 0 aliphatic rings. The Morgan fingerprint density at radius 1 is 1.33 bits per heavy atom. The Morgan fingerprint density at radius 3 is 2.22 bits per heavy atom. The van der Waals surface area contributed by atoms with E-state index in [0.717, 1.165) is 0 Å². The van der Waals surface area contributed by atoms with Crippen molar-refractivity contribution < 1.29 is 0 Å². The molecular weight excluding hydrogens is 124 g/mol. The van der Waals surface area contributed by atoms with Crippen molar-refractivity contribution in [3.8, 4) is 0 Å². The molecule has 1 rings (SSSR count). The van der Waals surface area contributed by atoms with Gasteiger partial charge >= 0.3 is 0 Å². The molecule has 0 saturated carbocycles. The first-order chi connectivity index (χ1) is 4.11. The smallest absolute Gasteiger partial charge is 0.00392 e. The van der Waals surface area contributed by atoms with Gasteiger partial charge in [-0.3, -0.25) is 0 Å². The third-order valence-corrected chi connectivity index (χ3v) is 3.59. The fourth-order valence-electron chi connectivity index (χ4n) is 0.874. The minimum atomic E-state index is -0.981. The molecule has 0 spiro atoms. The van der Waals surface area contributed by atoms with Crippen LogP contribution in [0.15, 0.2) is 24.3 Å². The largest absolute Gasteiger partial charge is 0.212 e. The van der Waals surface area contributed by atoms with Crippen molar-refractivity contribution in [3.05, 3.63) is 24.3 Å². The topological polar surface area (TPSA) is 0 Å². The van der Waals surface area contributed by atoms with Crippen LogP contribution in [0.4, 0.5) is 0 Å². The van der Waals surface area contributed by atoms with Crippen LogP contribution >= 0.6 is 0 Å². The second-order valence-corrected chi connectivity index (χ2v) is 8.50. The molecule has 0 unspecified atom stereocenters. The predicted octanol–water partition coefficient (Wildman–Crippen LogP) is 1.95. The zero-order valence-electron chi connectivity index (χ0n) is 6.31. The maximum Gasteiger partial charge on any atom is 0.00392 e. The van der Waals surface area contributed by atoms with Crippen LogP contribution in [0.2, 0.25) is 19.6 Å². The molecule has 50 valence electrons. The summed E-state index contributed by atoms with van der Waals surface area (Å²) < 4.78 is 0. The molecule has 0 aliphatic heterocycles. The van der Waals surface area contributed by atoms with E-state index < -0.39 is 8.07 Å². The monoisotopic (exact) mass is 137 g/mol. The van der Waals surface area contributed by atoms with E-state index in [0.29, 0.717) is 0 Å². The zero-order valence-corrected chi connectivity index (χ0v) is 7.31. The molecule has 0 fully saturated rings. The molecule has 0 bridgehead atoms. The van der Waals surface area contributed by atoms with Gasteiger partial charge in [-0.2, -0.15) is 18.2 Å². The van der Waals surface area contributed by atoms with Gasteiger partial charge in [0.2, 0.25) is 0 Å². The molecule has 0 nitrogen and oxygen atoms in total. The molecule has 0 heterocycles. The van der Waals surface area contributed by atoms with Gasteiger partial charge in [-0.15, -0.1) is 0 Å². The first-order valence-electron chi connectivity index (χ1n) is 3.33. The van der Waals surface area contributed by atoms with Crippen LogP contribution in [0.5, 0.6) is 0 Å². The van der Waals surface area contributed by atoms with Crippen LogP contribution in [0.25, 0.3) is 0 Å². The summed E-state index contributed by atoms with van der Waals surface area (Å²) in [5.74, 6) is 0. The fraction of sp³-hybridized carbons (Fsp3) is 0.375. The Balaban J connectivity index is 2.90. The summed E-state index contributed by atoms with van der Waals surface area (Å²) in [6.45, 7) is 7.09. The number of hydrogen-bond donors (Lipinski definition) is 0. The second-order valence-electron chi connectivity index (χ2n) is 3.42. The quantitative estimate of drug-likeness (QED) is 0.410. The maximum atomic E-state index is 2.36. The van der Waals surface area contributed by atoms with Crippen molar-refractivity contribution in [1.82, 2.24) is 0 Å². The Hall–Kier alpha value is -0.433. The van der Waals surface area contributed by atoms with E-state index in [4.69, 9.17) is 0 Å². The van der Waals surface area contributed by atoms with E-state index in [1.165, 1.54) is 0 Å². The van der Waals surface area contributed by atoms with Gasteiger partial charge in [0.1, 0.15) is 0 Å². The molecule has 1 aromatic carbocycles. The van der Waals surface area contributed by atoms with Gasteiger partial charge in [-0.05, 0) is 0 Å². The van der Waals surface area contributed by atoms with Gasteiger partial charge in [0, 0.05) is 8.07 Å². The molecule has 0 aromatic heterocycles. The van der Waals surface area contributed by atoms with E-state index >= 15 is 0 Å². The van der Waals surface area contributed by atoms with E-state index in [2.05, 4.69) is 43.9 Å². The van der Waals surface area contributed by atoms with Crippen LogP contribution in [-0.4, -0.2) is 8.07 Å². The SMILES string of the molecule is C[Si](C)(C)c1cc[cH-]c1. The molecular formula is C8H13Si-. The van der Waals surface area contributed by atoms with Crippen molar-refractivity contribution in [2.75, 3.05) is 0 Å². The van der Waals surface area contributed by atoms with Gasteiger partial charge in [-0.25, -0.2) is 11.3 Å². The van der Waals surface area contributed by atoms with Crippen LogP contribution < -0.4 is 5.19 Å². The summed E-state index contributed by atoms with van der Waals surface area (Å²) in [4.78, 5) is 0. The third-order valence-electron chi connectivity index (χ3n) is 1.53. The minimum Gasteiger partial charge on any atom is -0.212 e.